The van der Waals surface area contributed by atoms with Crippen molar-refractivity contribution in [1.82, 2.24) is 9.78 Å². The van der Waals surface area contributed by atoms with Gasteiger partial charge in [0, 0.05) is 17.7 Å². The third kappa shape index (κ3) is 2.10. The Balaban J connectivity index is 1.71. The molecule has 3 aromatic rings. The highest BCUT2D eigenvalue weighted by Gasteiger charge is 2.54. The van der Waals surface area contributed by atoms with Crippen molar-refractivity contribution in [3.05, 3.63) is 71.4 Å². The highest BCUT2D eigenvalue weighted by molar-refractivity contribution is 6.14. The van der Waals surface area contributed by atoms with Gasteiger partial charge in [-0.3, -0.25) is 9.59 Å². The van der Waals surface area contributed by atoms with Gasteiger partial charge < -0.3 is 10.6 Å². The van der Waals surface area contributed by atoms with Crippen molar-refractivity contribution in [2.75, 3.05) is 10.6 Å². The fourth-order valence-electron chi connectivity index (χ4n) is 4.12. The second kappa shape index (κ2) is 5.54. The van der Waals surface area contributed by atoms with Crippen LogP contribution in [0.5, 0.6) is 0 Å². The van der Waals surface area contributed by atoms with Crippen LogP contribution in [0.2, 0.25) is 0 Å². The summed E-state index contributed by atoms with van der Waals surface area (Å²) in [5, 5.41) is 10.4. The Morgan fingerprint density at radius 2 is 1.81 bits per heavy atom. The van der Waals surface area contributed by atoms with Crippen molar-refractivity contribution in [1.29, 1.82) is 0 Å². The number of aryl methyl sites for hydroxylation is 1. The van der Waals surface area contributed by atoms with E-state index in [9.17, 15) is 9.59 Å². The molecule has 0 bridgehead atoms. The highest BCUT2D eigenvalue weighted by atomic mass is 16.2. The quantitative estimate of drug-likeness (QED) is 0.739. The lowest BCUT2D eigenvalue weighted by Crippen LogP contribution is -2.43. The van der Waals surface area contributed by atoms with Crippen molar-refractivity contribution >= 4 is 23.3 Å². The Labute approximate surface area is 156 Å². The van der Waals surface area contributed by atoms with E-state index in [2.05, 4.69) is 22.7 Å². The van der Waals surface area contributed by atoms with E-state index in [0.717, 1.165) is 28.9 Å². The number of aromatic nitrogens is 2. The molecule has 5 rings (SSSR count). The normalized spacial score (nSPS) is 20.2. The topological polar surface area (TPSA) is 76.0 Å². The molecular weight excluding hydrogens is 340 g/mol. The summed E-state index contributed by atoms with van der Waals surface area (Å²) in [6.45, 7) is 2.10. The van der Waals surface area contributed by atoms with Gasteiger partial charge in [-0.05, 0) is 35.7 Å². The van der Waals surface area contributed by atoms with Gasteiger partial charge in [-0.25, -0.2) is 4.68 Å². The number of benzene rings is 2. The van der Waals surface area contributed by atoms with Gasteiger partial charge in [0.1, 0.15) is 11.2 Å². The summed E-state index contributed by atoms with van der Waals surface area (Å²) in [5.41, 5.74) is 3.34. The Kier molecular flexibility index (Phi) is 3.25. The molecular formula is C21H18N4O2. The molecule has 27 heavy (non-hydrogen) atoms. The lowest BCUT2D eigenvalue weighted by molar-refractivity contribution is -0.125. The predicted molar refractivity (Wildman–Crippen MR) is 102 cm³/mol. The van der Waals surface area contributed by atoms with Crippen molar-refractivity contribution in [2.24, 2.45) is 0 Å². The second-order valence-corrected chi connectivity index (χ2v) is 6.97. The van der Waals surface area contributed by atoms with Crippen LogP contribution in [0.1, 0.15) is 30.0 Å². The molecule has 2 N–H and O–H groups in total. The fourth-order valence-corrected chi connectivity index (χ4v) is 4.12. The van der Waals surface area contributed by atoms with E-state index in [-0.39, 0.29) is 18.2 Å². The SMILES string of the molecule is CCc1ccc(-n2ncc3c2NC(=O)C[C@]32C(=O)Nc3ccccc32)cc1. The summed E-state index contributed by atoms with van der Waals surface area (Å²) in [7, 11) is 0. The number of amides is 2. The number of para-hydroxylation sites is 1. The Morgan fingerprint density at radius 3 is 2.59 bits per heavy atom. The van der Waals surface area contributed by atoms with Crippen LogP contribution < -0.4 is 10.6 Å². The minimum Gasteiger partial charge on any atom is -0.325 e. The van der Waals surface area contributed by atoms with Crippen LogP contribution in [-0.2, 0) is 21.4 Å². The molecule has 0 unspecified atom stereocenters. The molecule has 134 valence electrons. The zero-order valence-electron chi connectivity index (χ0n) is 14.8. The summed E-state index contributed by atoms with van der Waals surface area (Å²) < 4.78 is 1.70. The number of carbonyl (C=O) groups excluding carboxylic acids is 2. The summed E-state index contributed by atoms with van der Waals surface area (Å²) >= 11 is 0. The average Bonchev–Trinajstić information content (AvgIpc) is 3.22. The van der Waals surface area contributed by atoms with Gasteiger partial charge in [0.2, 0.25) is 11.8 Å². The molecule has 2 amide bonds. The van der Waals surface area contributed by atoms with Crippen molar-refractivity contribution < 1.29 is 9.59 Å². The molecule has 0 aliphatic carbocycles. The first kappa shape index (κ1) is 15.8. The lowest BCUT2D eigenvalue weighted by Gasteiger charge is -2.31. The number of rotatable bonds is 2. The molecule has 2 aromatic carbocycles. The van der Waals surface area contributed by atoms with Crippen LogP contribution in [0.25, 0.3) is 5.69 Å². The van der Waals surface area contributed by atoms with Gasteiger partial charge in [-0.1, -0.05) is 37.3 Å². The maximum Gasteiger partial charge on any atom is 0.240 e. The Hall–Kier alpha value is -3.41. The van der Waals surface area contributed by atoms with Gasteiger partial charge in [0.05, 0.1) is 11.9 Å². The molecule has 6 nitrogen and oxygen atoms in total. The summed E-state index contributed by atoms with van der Waals surface area (Å²) in [5.74, 6) is 0.185. The van der Waals surface area contributed by atoms with Gasteiger partial charge in [0.15, 0.2) is 0 Å². The number of hydrogen-bond donors (Lipinski definition) is 2. The highest BCUT2D eigenvalue weighted by Crippen LogP contribution is 2.49. The molecule has 1 atom stereocenters. The summed E-state index contributed by atoms with van der Waals surface area (Å²) in [6, 6.07) is 15.6. The molecule has 0 radical (unpaired) electrons. The van der Waals surface area contributed by atoms with Crippen molar-refractivity contribution in [2.45, 2.75) is 25.2 Å². The van der Waals surface area contributed by atoms with Gasteiger partial charge in [0.25, 0.3) is 0 Å². The van der Waals surface area contributed by atoms with E-state index in [1.807, 2.05) is 48.5 Å². The van der Waals surface area contributed by atoms with E-state index in [1.54, 1.807) is 10.9 Å². The van der Waals surface area contributed by atoms with Crippen LogP contribution in [0.15, 0.2) is 54.7 Å². The number of nitrogens with one attached hydrogen (secondary N) is 2. The van der Waals surface area contributed by atoms with Gasteiger partial charge >= 0.3 is 0 Å². The minimum atomic E-state index is -1.03. The van der Waals surface area contributed by atoms with Crippen molar-refractivity contribution in [3.63, 3.8) is 0 Å². The monoisotopic (exact) mass is 358 g/mol. The molecule has 3 heterocycles. The van der Waals surface area contributed by atoms with Crippen LogP contribution >= 0.6 is 0 Å². The molecule has 0 fully saturated rings. The largest absolute Gasteiger partial charge is 0.325 e. The number of nitrogens with zero attached hydrogens (tertiary/aromatic N) is 2. The minimum absolute atomic E-state index is 0.0727. The number of anilines is 2. The average molecular weight is 358 g/mol. The van der Waals surface area contributed by atoms with E-state index in [0.29, 0.717) is 5.82 Å². The Bertz CT molecular complexity index is 1080. The predicted octanol–water partition coefficient (Wildman–Crippen LogP) is 3.02. The number of hydrogen-bond acceptors (Lipinski definition) is 3. The van der Waals surface area contributed by atoms with E-state index in [1.165, 1.54) is 5.56 Å². The zero-order valence-corrected chi connectivity index (χ0v) is 14.8. The summed E-state index contributed by atoms with van der Waals surface area (Å²) in [6.07, 6.45) is 2.72. The Morgan fingerprint density at radius 1 is 1.04 bits per heavy atom. The number of fused-ring (bicyclic) bond motifs is 4. The molecule has 1 aromatic heterocycles. The smallest absolute Gasteiger partial charge is 0.240 e. The maximum atomic E-state index is 13.0. The third-order valence-corrected chi connectivity index (χ3v) is 5.52. The van der Waals surface area contributed by atoms with E-state index in [4.69, 9.17) is 0 Å². The van der Waals surface area contributed by atoms with Crippen LogP contribution in [0.4, 0.5) is 11.5 Å². The first-order valence-electron chi connectivity index (χ1n) is 9.02. The second-order valence-electron chi connectivity index (χ2n) is 6.97. The van der Waals surface area contributed by atoms with E-state index >= 15 is 0 Å². The molecule has 1 spiro atoms. The molecule has 0 saturated carbocycles. The summed E-state index contributed by atoms with van der Waals surface area (Å²) in [4.78, 5) is 25.6. The third-order valence-electron chi connectivity index (χ3n) is 5.52. The van der Waals surface area contributed by atoms with Crippen LogP contribution in [0, 0.1) is 0 Å². The van der Waals surface area contributed by atoms with Crippen LogP contribution in [0.3, 0.4) is 0 Å². The maximum absolute atomic E-state index is 13.0. The first-order chi connectivity index (χ1) is 13.1. The fraction of sp³-hybridized carbons (Fsp3) is 0.190. The number of carbonyl (C=O) groups is 2. The molecule has 6 heteroatoms. The zero-order chi connectivity index (χ0) is 18.6. The van der Waals surface area contributed by atoms with E-state index < -0.39 is 5.41 Å². The standard InChI is InChI=1S/C21H18N4O2/c1-2-13-7-9-14(10-8-13)25-19-16(12-22-25)21(11-18(26)24-19)15-5-3-4-6-17(15)23-20(21)27/h3-10,12H,2,11H2,1H3,(H,23,27)(H,24,26)/t21-/m1/s1. The van der Waals surface area contributed by atoms with Gasteiger partial charge in [-0.2, -0.15) is 5.10 Å². The lowest BCUT2D eigenvalue weighted by atomic mass is 9.72. The molecule has 2 aliphatic rings. The van der Waals surface area contributed by atoms with Crippen molar-refractivity contribution in [3.8, 4) is 5.69 Å². The van der Waals surface area contributed by atoms with Crippen LogP contribution in [-0.4, -0.2) is 21.6 Å². The molecule has 2 aliphatic heterocycles. The van der Waals surface area contributed by atoms with Gasteiger partial charge in [-0.15, -0.1) is 0 Å². The first-order valence-corrected chi connectivity index (χ1v) is 9.02. The molecule has 0 saturated heterocycles.